The number of hydrogen-bond acceptors (Lipinski definition) is 4. The first kappa shape index (κ1) is 13.5. The van der Waals surface area contributed by atoms with Crippen molar-refractivity contribution in [3.8, 4) is 0 Å². The van der Waals surface area contributed by atoms with Crippen LogP contribution in [-0.2, 0) is 13.5 Å². The van der Waals surface area contributed by atoms with Crippen LogP contribution in [0, 0.1) is 0 Å². The van der Waals surface area contributed by atoms with Crippen LogP contribution in [0.2, 0.25) is 0 Å². The van der Waals surface area contributed by atoms with E-state index in [1.165, 1.54) is 19.2 Å². The van der Waals surface area contributed by atoms with Crippen LogP contribution >= 0.6 is 0 Å². The number of amides is 1. The Morgan fingerprint density at radius 3 is 2.86 bits per heavy atom. The predicted molar refractivity (Wildman–Crippen MR) is 75.8 cm³/mol. The molecule has 6 nitrogen and oxygen atoms in total. The molecule has 1 aromatic heterocycles. The van der Waals surface area contributed by atoms with Gasteiger partial charge in [0.1, 0.15) is 5.69 Å². The first-order valence-corrected chi connectivity index (χ1v) is 6.67. The third-order valence-electron chi connectivity index (χ3n) is 3.68. The second-order valence-corrected chi connectivity index (χ2v) is 5.10. The maximum Gasteiger partial charge on any atom is 0.272 e. The monoisotopic (exact) mass is 285 g/mol. The van der Waals surface area contributed by atoms with Gasteiger partial charge in [-0.1, -0.05) is 24.3 Å². The van der Waals surface area contributed by atoms with Crippen LogP contribution in [-0.4, -0.2) is 26.9 Å². The summed E-state index contributed by atoms with van der Waals surface area (Å²) in [6.45, 7) is 0. The van der Waals surface area contributed by atoms with Gasteiger partial charge in [-0.15, -0.1) is 0 Å². The van der Waals surface area contributed by atoms with E-state index in [-0.39, 0.29) is 11.3 Å². The normalized spacial score (nSPS) is 20.1. The lowest BCUT2D eigenvalue weighted by Crippen LogP contribution is -2.35. The Balaban J connectivity index is 1.85. The lowest BCUT2D eigenvalue weighted by Gasteiger charge is -2.17. The minimum absolute atomic E-state index is 0.147. The first-order valence-electron chi connectivity index (χ1n) is 6.67. The first-order chi connectivity index (χ1) is 10.1. The van der Waals surface area contributed by atoms with E-state index >= 15 is 0 Å². The van der Waals surface area contributed by atoms with Crippen molar-refractivity contribution in [1.82, 2.24) is 15.1 Å². The third kappa shape index (κ3) is 2.45. The number of carbonyl (C=O) groups excluding carboxylic acids is 1. The minimum Gasteiger partial charge on any atom is -0.390 e. The molecule has 2 N–H and O–H groups in total. The van der Waals surface area contributed by atoms with Crippen molar-refractivity contribution in [2.45, 2.75) is 18.6 Å². The van der Waals surface area contributed by atoms with Crippen molar-refractivity contribution < 1.29 is 9.90 Å². The van der Waals surface area contributed by atoms with E-state index in [9.17, 15) is 14.7 Å². The molecule has 2 atom stereocenters. The lowest BCUT2D eigenvalue weighted by molar-refractivity contribution is 0.0851. The topological polar surface area (TPSA) is 84.2 Å². The molecule has 21 heavy (non-hydrogen) atoms. The summed E-state index contributed by atoms with van der Waals surface area (Å²) in [4.78, 5) is 23.5. The van der Waals surface area contributed by atoms with Gasteiger partial charge >= 0.3 is 0 Å². The number of aryl methyl sites for hydroxylation is 1. The van der Waals surface area contributed by atoms with Crippen LogP contribution < -0.4 is 10.9 Å². The van der Waals surface area contributed by atoms with E-state index in [1.54, 1.807) is 0 Å². The summed E-state index contributed by atoms with van der Waals surface area (Å²) in [6, 6.07) is 9.84. The fourth-order valence-corrected chi connectivity index (χ4v) is 2.59. The number of aromatic nitrogens is 2. The van der Waals surface area contributed by atoms with Crippen LogP contribution in [0.15, 0.2) is 41.2 Å². The average Bonchev–Trinajstić information content (AvgIpc) is 2.78. The second kappa shape index (κ2) is 5.14. The average molecular weight is 285 g/mol. The van der Waals surface area contributed by atoms with Crippen molar-refractivity contribution in [3.05, 3.63) is 63.6 Å². The molecule has 0 bridgehead atoms. The fraction of sp³-hybridized carbons (Fsp3) is 0.267. The van der Waals surface area contributed by atoms with Gasteiger partial charge in [-0.05, 0) is 17.2 Å². The number of aliphatic hydroxyl groups is 1. The molecular formula is C15H15N3O3. The maximum atomic E-state index is 12.2. The van der Waals surface area contributed by atoms with Gasteiger partial charge in [-0.3, -0.25) is 9.59 Å². The Morgan fingerprint density at radius 2 is 2.10 bits per heavy atom. The summed E-state index contributed by atoms with van der Waals surface area (Å²) in [5, 5.41) is 16.8. The summed E-state index contributed by atoms with van der Waals surface area (Å²) in [7, 11) is 1.48. The molecule has 2 aromatic rings. The van der Waals surface area contributed by atoms with Gasteiger partial charge in [0.2, 0.25) is 0 Å². The second-order valence-electron chi connectivity index (χ2n) is 5.10. The van der Waals surface area contributed by atoms with Crippen molar-refractivity contribution in [1.29, 1.82) is 0 Å². The van der Waals surface area contributed by atoms with Crippen molar-refractivity contribution in [2.24, 2.45) is 7.05 Å². The highest BCUT2D eigenvalue weighted by atomic mass is 16.3. The molecule has 0 saturated carbocycles. The van der Waals surface area contributed by atoms with Crippen molar-refractivity contribution in [2.75, 3.05) is 0 Å². The molecule has 0 fully saturated rings. The van der Waals surface area contributed by atoms with E-state index in [0.29, 0.717) is 6.42 Å². The zero-order valence-corrected chi connectivity index (χ0v) is 11.5. The molecule has 0 aliphatic heterocycles. The molecule has 1 aliphatic rings. The maximum absolute atomic E-state index is 12.2. The quantitative estimate of drug-likeness (QED) is 0.823. The highest BCUT2D eigenvalue weighted by molar-refractivity contribution is 5.92. The molecule has 0 spiro atoms. The van der Waals surface area contributed by atoms with Gasteiger partial charge in [0.05, 0.1) is 12.1 Å². The molecular weight excluding hydrogens is 270 g/mol. The third-order valence-corrected chi connectivity index (χ3v) is 3.68. The van der Waals surface area contributed by atoms with Gasteiger partial charge in [0, 0.05) is 19.5 Å². The van der Waals surface area contributed by atoms with Crippen LogP contribution in [0.1, 0.15) is 27.7 Å². The highest BCUT2D eigenvalue weighted by Gasteiger charge is 2.32. The van der Waals surface area contributed by atoms with Crippen LogP contribution in [0.5, 0.6) is 0 Å². The summed E-state index contributed by atoms with van der Waals surface area (Å²) >= 11 is 0. The van der Waals surface area contributed by atoms with E-state index in [4.69, 9.17) is 0 Å². The van der Waals surface area contributed by atoms with Gasteiger partial charge in [0.15, 0.2) is 0 Å². The zero-order valence-electron chi connectivity index (χ0n) is 11.5. The van der Waals surface area contributed by atoms with E-state index in [1.807, 2.05) is 24.3 Å². The summed E-state index contributed by atoms with van der Waals surface area (Å²) in [6.07, 6.45) is -0.138. The molecule has 1 aliphatic carbocycles. The lowest BCUT2D eigenvalue weighted by atomic mass is 10.1. The number of rotatable bonds is 2. The van der Waals surface area contributed by atoms with Crippen LogP contribution in [0.3, 0.4) is 0 Å². The largest absolute Gasteiger partial charge is 0.390 e. The molecule has 1 amide bonds. The Hall–Kier alpha value is -2.47. The van der Waals surface area contributed by atoms with Gasteiger partial charge in [-0.25, -0.2) is 4.68 Å². The van der Waals surface area contributed by atoms with Crippen molar-refractivity contribution >= 4 is 5.91 Å². The van der Waals surface area contributed by atoms with E-state index in [2.05, 4.69) is 10.4 Å². The molecule has 1 heterocycles. The zero-order chi connectivity index (χ0) is 15.0. The molecule has 3 rings (SSSR count). The van der Waals surface area contributed by atoms with Crippen LogP contribution in [0.25, 0.3) is 0 Å². The molecule has 6 heteroatoms. The molecule has 108 valence electrons. The number of benzene rings is 1. The Bertz CT molecular complexity index is 754. The molecule has 0 saturated heterocycles. The Kier molecular flexibility index (Phi) is 3.31. The summed E-state index contributed by atoms with van der Waals surface area (Å²) in [5.74, 6) is -0.411. The minimum atomic E-state index is -0.654. The van der Waals surface area contributed by atoms with Crippen LogP contribution in [0.4, 0.5) is 0 Å². The van der Waals surface area contributed by atoms with Gasteiger partial charge in [-0.2, -0.15) is 5.10 Å². The SMILES string of the molecule is Cn1nc(C(=O)NC2c3ccccc3CC2O)ccc1=O. The Morgan fingerprint density at radius 1 is 1.33 bits per heavy atom. The van der Waals surface area contributed by atoms with Gasteiger partial charge in [0.25, 0.3) is 11.5 Å². The smallest absolute Gasteiger partial charge is 0.272 e. The van der Waals surface area contributed by atoms with Crippen molar-refractivity contribution in [3.63, 3.8) is 0 Å². The molecule has 0 radical (unpaired) electrons. The number of aliphatic hydroxyl groups excluding tert-OH is 1. The number of hydrogen-bond donors (Lipinski definition) is 2. The number of carbonyl (C=O) groups is 1. The van der Waals surface area contributed by atoms with E-state index in [0.717, 1.165) is 15.8 Å². The number of nitrogens with zero attached hydrogens (tertiary/aromatic N) is 2. The highest BCUT2D eigenvalue weighted by Crippen LogP contribution is 2.31. The molecule has 1 aromatic carbocycles. The number of nitrogens with one attached hydrogen (secondary N) is 1. The van der Waals surface area contributed by atoms with E-state index < -0.39 is 18.1 Å². The number of fused-ring (bicyclic) bond motifs is 1. The van der Waals surface area contributed by atoms with Gasteiger partial charge < -0.3 is 10.4 Å². The summed E-state index contributed by atoms with van der Waals surface area (Å²) < 4.78 is 1.11. The summed E-state index contributed by atoms with van der Waals surface area (Å²) in [5.41, 5.74) is 1.82. The fourth-order valence-electron chi connectivity index (χ4n) is 2.59. The Labute approximate surface area is 121 Å². The standard InChI is InChI=1S/C15H15N3O3/c1-18-13(20)7-6-11(17-18)15(21)16-14-10-5-3-2-4-9(10)8-12(14)19/h2-7,12,14,19H,8H2,1H3,(H,16,21). The predicted octanol–water partition coefficient (Wildman–Crippen LogP) is 0.168. The molecule has 2 unspecified atom stereocenters.